The predicted octanol–water partition coefficient (Wildman–Crippen LogP) is 2.42. The summed E-state index contributed by atoms with van der Waals surface area (Å²) in [6.07, 6.45) is 1.71. The molecule has 2 aromatic rings. The summed E-state index contributed by atoms with van der Waals surface area (Å²) < 4.78 is 5.46. The highest BCUT2D eigenvalue weighted by Crippen LogP contribution is 2.24. The maximum atomic E-state index is 5.63. The molecule has 0 amide bonds. The van der Waals surface area contributed by atoms with Crippen LogP contribution in [0.15, 0.2) is 27.4 Å². The van der Waals surface area contributed by atoms with Gasteiger partial charge in [0, 0.05) is 10.9 Å². The molecule has 4 heteroatoms. The van der Waals surface area contributed by atoms with Gasteiger partial charge in [0.25, 0.3) is 0 Å². The number of rotatable bonds is 2. The van der Waals surface area contributed by atoms with Gasteiger partial charge in [-0.05, 0) is 18.4 Å². The van der Waals surface area contributed by atoms with Crippen molar-refractivity contribution in [2.75, 3.05) is 0 Å². The maximum Gasteiger partial charge on any atom is 0.211 e. The number of hydrogen-bond acceptors (Lipinski definition) is 4. The van der Waals surface area contributed by atoms with E-state index in [0.717, 1.165) is 11.3 Å². The van der Waals surface area contributed by atoms with Gasteiger partial charge in [-0.3, -0.25) is 0 Å². The van der Waals surface area contributed by atoms with Gasteiger partial charge in [-0.15, -0.1) is 0 Å². The minimum atomic E-state index is -0.146. The van der Waals surface area contributed by atoms with E-state index in [1.54, 1.807) is 17.5 Å². The van der Waals surface area contributed by atoms with Crippen LogP contribution in [-0.4, -0.2) is 4.98 Å². The van der Waals surface area contributed by atoms with Crippen molar-refractivity contribution in [2.24, 2.45) is 5.73 Å². The van der Waals surface area contributed by atoms with Crippen LogP contribution in [0, 0.1) is 0 Å². The van der Waals surface area contributed by atoms with E-state index in [-0.39, 0.29) is 6.04 Å². The fourth-order valence-corrected chi connectivity index (χ4v) is 1.68. The largest absolute Gasteiger partial charge is 0.439 e. The van der Waals surface area contributed by atoms with Crippen molar-refractivity contribution in [2.45, 2.75) is 13.0 Å². The lowest BCUT2D eigenvalue weighted by Crippen LogP contribution is -2.04. The van der Waals surface area contributed by atoms with Crippen LogP contribution in [0.1, 0.15) is 18.9 Å². The van der Waals surface area contributed by atoms with Gasteiger partial charge in [-0.25, -0.2) is 4.98 Å². The average Bonchev–Trinajstić information content (AvgIpc) is 2.75. The van der Waals surface area contributed by atoms with Crippen LogP contribution < -0.4 is 5.73 Å². The topological polar surface area (TPSA) is 52.0 Å². The molecule has 0 aliphatic heterocycles. The highest BCUT2D eigenvalue weighted by molar-refractivity contribution is 7.08. The number of aromatic nitrogens is 1. The van der Waals surface area contributed by atoms with Crippen LogP contribution in [-0.2, 0) is 0 Å². The summed E-state index contributed by atoms with van der Waals surface area (Å²) in [5.74, 6) is 1.37. The van der Waals surface area contributed by atoms with Crippen molar-refractivity contribution < 1.29 is 4.42 Å². The Bertz CT molecular complexity index is 378. The Balaban J connectivity index is 2.33. The van der Waals surface area contributed by atoms with Crippen LogP contribution in [0.4, 0.5) is 0 Å². The van der Waals surface area contributed by atoms with Crippen LogP contribution in [0.5, 0.6) is 0 Å². The number of nitrogens with two attached hydrogens (primary N) is 1. The molecule has 0 aliphatic carbocycles. The summed E-state index contributed by atoms with van der Waals surface area (Å²) in [7, 11) is 0. The lowest BCUT2D eigenvalue weighted by atomic mass is 10.3. The number of nitrogens with zero attached hydrogens (tertiary/aromatic N) is 1. The van der Waals surface area contributed by atoms with E-state index in [2.05, 4.69) is 4.98 Å². The Hall–Kier alpha value is -1.13. The highest BCUT2D eigenvalue weighted by atomic mass is 32.1. The van der Waals surface area contributed by atoms with E-state index < -0.39 is 0 Å². The van der Waals surface area contributed by atoms with Crippen molar-refractivity contribution >= 4 is 11.3 Å². The van der Waals surface area contributed by atoms with Gasteiger partial charge in [0.05, 0.1) is 12.2 Å². The molecule has 2 aromatic heterocycles. The van der Waals surface area contributed by atoms with Crippen molar-refractivity contribution in [3.8, 4) is 11.3 Å². The smallest absolute Gasteiger partial charge is 0.211 e. The van der Waals surface area contributed by atoms with E-state index in [4.69, 9.17) is 10.2 Å². The van der Waals surface area contributed by atoms with E-state index >= 15 is 0 Å². The predicted molar refractivity (Wildman–Crippen MR) is 52.4 cm³/mol. The minimum absolute atomic E-state index is 0.146. The zero-order chi connectivity index (χ0) is 9.26. The SMILES string of the molecule is CC(N)c1ncc(-c2ccsc2)o1. The quantitative estimate of drug-likeness (QED) is 0.798. The average molecular weight is 194 g/mol. The zero-order valence-corrected chi connectivity index (χ0v) is 8.04. The van der Waals surface area contributed by atoms with Gasteiger partial charge in [0.15, 0.2) is 5.76 Å². The van der Waals surface area contributed by atoms with Gasteiger partial charge in [-0.2, -0.15) is 11.3 Å². The van der Waals surface area contributed by atoms with Crippen molar-refractivity contribution in [3.63, 3.8) is 0 Å². The summed E-state index contributed by atoms with van der Waals surface area (Å²) in [5.41, 5.74) is 6.69. The van der Waals surface area contributed by atoms with Crippen molar-refractivity contribution in [1.82, 2.24) is 4.98 Å². The molecule has 2 N–H and O–H groups in total. The first kappa shape index (κ1) is 8.47. The van der Waals surface area contributed by atoms with E-state index in [0.29, 0.717) is 5.89 Å². The molecule has 0 aliphatic rings. The summed E-state index contributed by atoms with van der Waals surface area (Å²) >= 11 is 1.63. The third-order valence-electron chi connectivity index (χ3n) is 1.72. The molecule has 0 spiro atoms. The van der Waals surface area contributed by atoms with Crippen LogP contribution in [0.25, 0.3) is 11.3 Å². The maximum absolute atomic E-state index is 5.63. The molecule has 0 bridgehead atoms. The molecule has 0 aromatic carbocycles. The Morgan fingerprint density at radius 1 is 1.62 bits per heavy atom. The Morgan fingerprint density at radius 3 is 3.00 bits per heavy atom. The summed E-state index contributed by atoms with van der Waals surface area (Å²) in [6.45, 7) is 1.85. The second-order valence-corrected chi connectivity index (χ2v) is 3.64. The lowest BCUT2D eigenvalue weighted by molar-refractivity contribution is 0.474. The molecule has 68 valence electrons. The van der Waals surface area contributed by atoms with Crippen LogP contribution in [0.2, 0.25) is 0 Å². The molecule has 13 heavy (non-hydrogen) atoms. The van der Waals surface area contributed by atoms with E-state index in [9.17, 15) is 0 Å². The molecule has 0 saturated carbocycles. The number of thiophene rings is 1. The molecule has 0 saturated heterocycles. The van der Waals surface area contributed by atoms with Crippen LogP contribution >= 0.6 is 11.3 Å². The first-order valence-electron chi connectivity index (χ1n) is 4.01. The minimum Gasteiger partial charge on any atom is -0.439 e. The summed E-state index contributed by atoms with van der Waals surface area (Å²) in [5, 5.41) is 4.02. The first-order valence-corrected chi connectivity index (χ1v) is 4.95. The molecular weight excluding hydrogens is 184 g/mol. The fraction of sp³-hybridized carbons (Fsp3) is 0.222. The second-order valence-electron chi connectivity index (χ2n) is 2.86. The van der Waals surface area contributed by atoms with Crippen molar-refractivity contribution in [3.05, 3.63) is 28.9 Å². The third-order valence-corrected chi connectivity index (χ3v) is 2.40. The van der Waals surface area contributed by atoms with Gasteiger partial charge in [-0.1, -0.05) is 0 Å². The van der Waals surface area contributed by atoms with Gasteiger partial charge >= 0.3 is 0 Å². The Labute approximate surface area is 80.2 Å². The summed E-state index contributed by atoms with van der Waals surface area (Å²) in [4.78, 5) is 4.08. The molecule has 0 radical (unpaired) electrons. The second kappa shape index (κ2) is 3.32. The Kier molecular flexibility index (Phi) is 2.16. The molecule has 1 atom stereocenters. The Morgan fingerprint density at radius 2 is 2.46 bits per heavy atom. The standard InChI is InChI=1S/C9H10N2OS/c1-6(10)9-11-4-8(12-9)7-2-3-13-5-7/h2-6H,10H2,1H3. The number of hydrogen-bond donors (Lipinski definition) is 1. The van der Waals surface area contributed by atoms with Crippen LogP contribution in [0.3, 0.4) is 0 Å². The molecular formula is C9H10N2OS. The third kappa shape index (κ3) is 1.64. The molecule has 0 fully saturated rings. The van der Waals surface area contributed by atoms with Gasteiger partial charge < -0.3 is 10.2 Å². The highest BCUT2D eigenvalue weighted by Gasteiger charge is 2.09. The van der Waals surface area contributed by atoms with E-state index in [1.165, 1.54) is 0 Å². The fourth-order valence-electron chi connectivity index (χ4n) is 1.04. The normalized spacial score (nSPS) is 13.1. The molecule has 3 nitrogen and oxygen atoms in total. The van der Waals surface area contributed by atoms with Crippen molar-refractivity contribution in [1.29, 1.82) is 0 Å². The molecule has 2 heterocycles. The molecule has 2 rings (SSSR count). The monoisotopic (exact) mass is 194 g/mol. The van der Waals surface area contributed by atoms with Gasteiger partial charge in [0.1, 0.15) is 0 Å². The first-order chi connectivity index (χ1) is 6.27. The van der Waals surface area contributed by atoms with Gasteiger partial charge in [0.2, 0.25) is 5.89 Å². The molecule has 1 unspecified atom stereocenters. The summed E-state index contributed by atoms with van der Waals surface area (Å²) in [6, 6.07) is 1.85. The lowest BCUT2D eigenvalue weighted by Gasteiger charge is -1.95. The van der Waals surface area contributed by atoms with E-state index in [1.807, 2.05) is 23.8 Å². The zero-order valence-electron chi connectivity index (χ0n) is 7.23. The number of oxazole rings is 1.